The fourth-order valence-corrected chi connectivity index (χ4v) is 3.72. The number of thiazole rings is 1. The Hall–Kier alpha value is -1.75. The van der Waals surface area contributed by atoms with Crippen molar-refractivity contribution in [2.45, 2.75) is 39.2 Å². The minimum atomic E-state index is 0.124. The molecule has 1 aliphatic rings. The number of piperidine rings is 1. The van der Waals surface area contributed by atoms with Crippen LogP contribution in [0.5, 0.6) is 0 Å². The van der Waals surface area contributed by atoms with Crippen LogP contribution in [-0.2, 0) is 0 Å². The zero-order valence-corrected chi connectivity index (χ0v) is 13.2. The number of carbonyl (C=O) groups excluding carboxylic acids is 1. The molecule has 110 valence electrons. The number of likely N-dealkylation sites (tertiary alicyclic amines) is 1. The third-order valence-electron chi connectivity index (χ3n) is 3.94. The van der Waals surface area contributed by atoms with E-state index < -0.39 is 0 Å². The van der Waals surface area contributed by atoms with Crippen LogP contribution >= 0.6 is 11.3 Å². The van der Waals surface area contributed by atoms with Crippen molar-refractivity contribution in [3.63, 3.8) is 0 Å². The Morgan fingerprint density at radius 2 is 2.24 bits per heavy atom. The normalized spacial score (nSPS) is 18.8. The Morgan fingerprint density at radius 1 is 1.38 bits per heavy atom. The number of pyridine rings is 1. The lowest BCUT2D eigenvalue weighted by Gasteiger charge is -2.33. The molecule has 1 atom stereocenters. The van der Waals surface area contributed by atoms with Gasteiger partial charge >= 0.3 is 0 Å². The Morgan fingerprint density at radius 3 is 2.95 bits per heavy atom. The first kappa shape index (κ1) is 14.2. The van der Waals surface area contributed by atoms with Crippen LogP contribution in [0, 0.1) is 6.92 Å². The average Bonchev–Trinajstić information content (AvgIpc) is 2.90. The summed E-state index contributed by atoms with van der Waals surface area (Å²) in [7, 11) is 0. The highest BCUT2D eigenvalue weighted by atomic mass is 32.1. The third-order valence-corrected chi connectivity index (χ3v) is 5.11. The molecule has 1 amide bonds. The van der Waals surface area contributed by atoms with Crippen molar-refractivity contribution >= 4 is 17.2 Å². The molecule has 0 radical (unpaired) electrons. The maximum Gasteiger partial charge on any atom is 0.266 e. The number of rotatable bonds is 2. The van der Waals surface area contributed by atoms with Gasteiger partial charge in [-0.05, 0) is 45.2 Å². The minimum Gasteiger partial charge on any atom is -0.335 e. The molecule has 0 unspecified atom stereocenters. The smallest absolute Gasteiger partial charge is 0.266 e. The van der Waals surface area contributed by atoms with Gasteiger partial charge in [0.05, 0.1) is 11.4 Å². The van der Waals surface area contributed by atoms with Crippen molar-refractivity contribution in [3.8, 4) is 10.7 Å². The summed E-state index contributed by atoms with van der Waals surface area (Å²) in [4.78, 5) is 24.3. The lowest BCUT2D eigenvalue weighted by atomic mass is 10.0. The largest absolute Gasteiger partial charge is 0.335 e. The minimum absolute atomic E-state index is 0.124. The molecule has 0 N–H and O–H groups in total. The Kier molecular flexibility index (Phi) is 4.01. The lowest BCUT2D eigenvalue weighted by molar-refractivity contribution is 0.0639. The number of carbonyl (C=O) groups is 1. The van der Waals surface area contributed by atoms with Gasteiger partial charge in [0.25, 0.3) is 5.91 Å². The number of aromatic nitrogens is 2. The summed E-state index contributed by atoms with van der Waals surface area (Å²) in [6.07, 6.45) is 5.16. The molecule has 0 saturated carbocycles. The van der Waals surface area contributed by atoms with Crippen molar-refractivity contribution < 1.29 is 4.79 Å². The maximum atomic E-state index is 12.8. The Labute approximate surface area is 128 Å². The zero-order valence-electron chi connectivity index (χ0n) is 12.4. The lowest BCUT2D eigenvalue weighted by Crippen LogP contribution is -2.41. The predicted octanol–water partition coefficient (Wildman–Crippen LogP) is 3.53. The highest BCUT2D eigenvalue weighted by Crippen LogP contribution is 2.29. The van der Waals surface area contributed by atoms with Gasteiger partial charge in [-0.2, -0.15) is 0 Å². The molecule has 2 aromatic heterocycles. The van der Waals surface area contributed by atoms with E-state index in [1.54, 1.807) is 6.20 Å². The topological polar surface area (TPSA) is 46.1 Å². The van der Waals surface area contributed by atoms with E-state index in [0.29, 0.717) is 6.04 Å². The Bertz CT molecular complexity index is 638. The summed E-state index contributed by atoms with van der Waals surface area (Å²) < 4.78 is 0. The second-order valence-corrected chi connectivity index (χ2v) is 6.49. The van der Waals surface area contributed by atoms with E-state index in [0.717, 1.165) is 40.7 Å². The van der Waals surface area contributed by atoms with E-state index in [1.807, 2.05) is 30.0 Å². The van der Waals surface area contributed by atoms with Crippen LogP contribution in [0.15, 0.2) is 24.4 Å². The Balaban J connectivity index is 1.89. The van der Waals surface area contributed by atoms with Crippen molar-refractivity contribution in [1.29, 1.82) is 0 Å². The number of nitrogens with zero attached hydrogens (tertiary/aromatic N) is 3. The fraction of sp³-hybridized carbons (Fsp3) is 0.438. The molecular weight excluding hydrogens is 282 g/mol. The van der Waals surface area contributed by atoms with Crippen LogP contribution in [0.25, 0.3) is 10.7 Å². The predicted molar refractivity (Wildman–Crippen MR) is 84.4 cm³/mol. The maximum absolute atomic E-state index is 12.8. The molecule has 21 heavy (non-hydrogen) atoms. The molecule has 5 heteroatoms. The van der Waals surface area contributed by atoms with Gasteiger partial charge in [0, 0.05) is 18.8 Å². The molecule has 1 saturated heterocycles. The molecule has 0 aromatic carbocycles. The van der Waals surface area contributed by atoms with E-state index >= 15 is 0 Å². The first-order valence-corrected chi connectivity index (χ1v) is 8.18. The SMILES string of the molecule is Cc1nc(-c2ccccn2)sc1C(=O)N1CCCC[C@H]1C. The van der Waals surface area contributed by atoms with Crippen molar-refractivity contribution in [2.24, 2.45) is 0 Å². The molecule has 4 nitrogen and oxygen atoms in total. The summed E-state index contributed by atoms with van der Waals surface area (Å²) in [5.74, 6) is 0.124. The first-order valence-electron chi connectivity index (χ1n) is 7.36. The highest BCUT2D eigenvalue weighted by molar-refractivity contribution is 7.17. The molecule has 0 bridgehead atoms. The highest BCUT2D eigenvalue weighted by Gasteiger charge is 2.27. The monoisotopic (exact) mass is 301 g/mol. The number of hydrogen-bond acceptors (Lipinski definition) is 4. The molecular formula is C16H19N3OS. The summed E-state index contributed by atoms with van der Waals surface area (Å²) in [6, 6.07) is 6.07. The van der Waals surface area contributed by atoms with Crippen LogP contribution in [0.3, 0.4) is 0 Å². The van der Waals surface area contributed by atoms with Crippen LogP contribution < -0.4 is 0 Å². The summed E-state index contributed by atoms with van der Waals surface area (Å²) in [5, 5.41) is 0.820. The van der Waals surface area contributed by atoms with Crippen molar-refractivity contribution in [1.82, 2.24) is 14.9 Å². The fourth-order valence-electron chi connectivity index (χ4n) is 2.72. The van der Waals surface area contributed by atoms with Crippen LogP contribution in [0.2, 0.25) is 0 Å². The van der Waals surface area contributed by atoms with Crippen molar-refractivity contribution in [3.05, 3.63) is 35.0 Å². The summed E-state index contributed by atoms with van der Waals surface area (Å²) >= 11 is 1.45. The molecule has 0 spiro atoms. The zero-order chi connectivity index (χ0) is 14.8. The van der Waals surface area contributed by atoms with E-state index in [1.165, 1.54) is 17.8 Å². The number of aryl methyl sites for hydroxylation is 1. The number of amides is 1. The second-order valence-electron chi connectivity index (χ2n) is 5.49. The van der Waals surface area contributed by atoms with Gasteiger partial charge in [0.1, 0.15) is 9.88 Å². The van der Waals surface area contributed by atoms with Crippen LogP contribution in [0.4, 0.5) is 0 Å². The molecule has 1 fully saturated rings. The van der Waals surface area contributed by atoms with Crippen LogP contribution in [0.1, 0.15) is 41.6 Å². The molecule has 1 aliphatic heterocycles. The van der Waals surface area contributed by atoms with Gasteiger partial charge in [-0.3, -0.25) is 9.78 Å². The quantitative estimate of drug-likeness (QED) is 0.852. The molecule has 0 aliphatic carbocycles. The first-order chi connectivity index (χ1) is 10.2. The van der Waals surface area contributed by atoms with E-state index in [9.17, 15) is 4.79 Å². The van der Waals surface area contributed by atoms with Gasteiger partial charge < -0.3 is 4.90 Å². The second kappa shape index (κ2) is 5.93. The van der Waals surface area contributed by atoms with Crippen molar-refractivity contribution in [2.75, 3.05) is 6.54 Å². The van der Waals surface area contributed by atoms with Crippen LogP contribution in [-0.4, -0.2) is 33.4 Å². The van der Waals surface area contributed by atoms with E-state index in [4.69, 9.17) is 0 Å². The standard InChI is InChI=1S/C16H19N3OS/c1-11-7-4-6-10-19(11)16(20)14-12(2)18-15(21-14)13-8-3-5-9-17-13/h3,5,8-9,11H,4,6-7,10H2,1-2H3/t11-/m1/s1. The van der Waals surface area contributed by atoms with Gasteiger partial charge in [-0.25, -0.2) is 4.98 Å². The third kappa shape index (κ3) is 2.83. The van der Waals surface area contributed by atoms with Gasteiger partial charge in [0.15, 0.2) is 0 Å². The van der Waals surface area contributed by atoms with E-state index in [-0.39, 0.29) is 5.91 Å². The summed E-state index contributed by atoms with van der Waals surface area (Å²) in [5.41, 5.74) is 1.64. The van der Waals surface area contributed by atoms with Gasteiger partial charge in [0.2, 0.25) is 0 Å². The number of hydrogen-bond donors (Lipinski definition) is 0. The molecule has 3 rings (SSSR count). The average molecular weight is 301 g/mol. The van der Waals surface area contributed by atoms with Gasteiger partial charge in [-0.15, -0.1) is 11.3 Å². The molecule has 3 heterocycles. The van der Waals surface area contributed by atoms with Gasteiger partial charge in [-0.1, -0.05) is 6.07 Å². The molecule has 2 aromatic rings. The summed E-state index contributed by atoms with van der Waals surface area (Å²) in [6.45, 7) is 4.90. The van der Waals surface area contributed by atoms with E-state index in [2.05, 4.69) is 16.9 Å².